The van der Waals surface area contributed by atoms with E-state index in [0.29, 0.717) is 5.02 Å². The number of rotatable bonds is 2. The lowest BCUT2D eigenvalue weighted by Crippen LogP contribution is -1.93. The fraction of sp³-hybridized carbons (Fsp3) is 0. The van der Waals surface area contributed by atoms with Crippen LogP contribution in [0.15, 0.2) is 72.9 Å². The topological polar surface area (TPSA) is 24.9 Å². The molecule has 4 aromatic rings. The maximum atomic E-state index is 6.05. The first kappa shape index (κ1) is 13.1. The van der Waals surface area contributed by atoms with Crippen LogP contribution in [0.2, 0.25) is 5.02 Å². The first-order valence-electron chi connectivity index (χ1n) is 7.10. The quantitative estimate of drug-likeness (QED) is 0.507. The minimum atomic E-state index is 0.697. The minimum absolute atomic E-state index is 0.697. The summed E-state index contributed by atoms with van der Waals surface area (Å²) in [7, 11) is 0. The largest absolute Gasteiger partial charge is 0.354 e. The van der Waals surface area contributed by atoms with Crippen LogP contribution in [-0.2, 0) is 0 Å². The van der Waals surface area contributed by atoms with Gasteiger partial charge in [-0.15, -0.1) is 0 Å². The van der Waals surface area contributed by atoms with Gasteiger partial charge in [-0.05, 0) is 35.7 Å². The monoisotopic (exact) mass is 304 g/mol. The number of halogens is 1. The highest BCUT2D eigenvalue weighted by molar-refractivity contribution is 6.31. The Hall–Kier alpha value is -2.58. The van der Waals surface area contributed by atoms with Crippen LogP contribution in [0, 0.1) is 0 Å². The number of benzene rings is 3. The van der Waals surface area contributed by atoms with Gasteiger partial charge < -0.3 is 5.32 Å². The molecule has 22 heavy (non-hydrogen) atoms. The summed E-state index contributed by atoms with van der Waals surface area (Å²) < 4.78 is 0. The van der Waals surface area contributed by atoms with Crippen molar-refractivity contribution < 1.29 is 0 Å². The van der Waals surface area contributed by atoms with Crippen molar-refractivity contribution in [3.63, 3.8) is 0 Å². The summed E-state index contributed by atoms with van der Waals surface area (Å²) in [6, 6.07) is 22.4. The molecule has 0 amide bonds. The Balaban J connectivity index is 1.86. The summed E-state index contributed by atoms with van der Waals surface area (Å²) in [4.78, 5) is 4.38. The highest BCUT2D eigenvalue weighted by Crippen LogP contribution is 2.30. The molecule has 0 aliphatic rings. The molecule has 0 spiro atoms. The second-order valence-electron chi connectivity index (χ2n) is 5.17. The van der Waals surface area contributed by atoms with Crippen molar-refractivity contribution in [2.45, 2.75) is 0 Å². The molecule has 3 heteroatoms. The van der Waals surface area contributed by atoms with Gasteiger partial charge in [-0.2, -0.15) is 0 Å². The molecular formula is C19H13ClN2. The zero-order valence-electron chi connectivity index (χ0n) is 11.8. The third-order valence-electron chi connectivity index (χ3n) is 3.76. The molecule has 0 saturated heterocycles. The fourth-order valence-corrected chi connectivity index (χ4v) is 2.88. The lowest BCUT2D eigenvalue weighted by Gasteiger charge is -2.12. The maximum absolute atomic E-state index is 6.05. The molecule has 3 aromatic carbocycles. The van der Waals surface area contributed by atoms with E-state index in [1.807, 2.05) is 24.3 Å². The van der Waals surface area contributed by atoms with Crippen LogP contribution in [0.25, 0.3) is 21.7 Å². The smallest absolute Gasteiger partial charge is 0.0737 e. The number of pyridine rings is 1. The molecule has 1 heterocycles. The van der Waals surface area contributed by atoms with Gasteiger partial charge in [0.25, 0.3) is 0 Å². The lowest BCUT2D eigenvalue weighted by molar-refractivity contribution is 1.41. The average Bonchev–Trinajstić information content (AvgIpc) is 2.55. The number of hydrogen-bond acceptors (Lipinski definition) is 2. The molecule has 0 saturated carbocycles. The van der Waals surface area contributed by atoms with E-state index in [0.717, 1.165) is 22.3 Å². The first-order chi connectivity index (χ1) is 10.8. The molecule has 0 fully saturated rings. The normalized spacial score (nSPS) is 11.0. The van der Waals surface area contributed by atoms with E-state index in [9.17, 15) is 0 Å². The average molecular weight is 305 g/mol. The third-order valence-corrected chi connectivity index (χ3v) is 4.00. The van der Waals surface area contributed by atoms with E-state index in [4.69, 9.17) is 11.6 Å². The Morgan fingerprint density at radius 1 is 0.773 bits per heavy atom. The molecule has 1 aromatic heterocycles. The van der Waals surface area contributed by atoms with E-state index in [-0.39, 0.29) is 0 Å². The van der Waals surface area contributed by atoms with Gasteiger partial charge in [-0.25, -0.2) is 0 Å². The molecule has 4 rings (SSSR count). The summed E-state index contributed by atoms with van der Waals surface area (Å²) in [5.41, 5.74) is 3.00. The van der Waals surface area contributed by atoms with Crippen LogP contribution in [0.1, 0.15) is 0 Å². The predicted octanol–water partition coefficient (Wildman–Crippen LogP) is 5.79. The maximum Gasteiger partial charge on any atom is 0.0737 e. The summed E-state index contributed by atoms with van der Waals surface area (Å²) in [5, 5.41) is 7.69. The molecule has 0 radical (unpaired) electrons. The van der Waals surface area contributed by atoms with Crippen molar-refractivity contribution in [3.05, 3.63) is 77.9 Å². The van der Waals surface area contributed by atoms with E-state index in [1.165, 1.54) is 10.8 Å². The summed E-state index contributed by atoms with van der Waals surface area (Å²) in [5.74, 6) is 0. The SMILES string of the molecule is Clc1ccc2c(Nc3cccc4ccccc34)ccnc2c1. The number of nitrogens with zero attached hydrogens (tertiary/aromatic N) is 1. The Kier molecular flexibility index (Phi) is 3.17. The number of aromatic nitrogens is 1. The van der Waals surface area contributed by atoms with Gasteiger partial charge in [0.15, 0.2) is 0 Å². The molecule has 0 bridgehead atoms. The minimum Gasteiger partial charge on any atom is -0.354 e. The second-order valence-corrected chi connectivity index (χ2v) is 5.61. The zero-order valence-corrected chi connectivity index (χ0v) is 12.5. The molecule has 0 aliphatic heterocycles. The molecule has 1 N–H and O–H groups in total. The Bertz CT molecular complexity index is 974. The molecule has 0 unspecified atom stereocenters. The van der Waals surface area contributed by atoms with Crippen molar-refractivity contribution in [3.8, 4) is 0 Å². The van der Waals surface area contributed by atoms with Crippen LogP contribution >= 0.6 is 11.6 Å². The Morgan fingerprint density at radius 2 is 1.59 bits per heavy atom. The summed E-state index contributed by atoms with van der Waals surface area (Å²) >= 11 is 6.05. The second kappa shape index (κ2) is 5.32. The molecular weight excluding hydrogens is 292 g/mol. The standard InChI is InChI=1S/C19H13ClN2/c20-14-8-9-16-18(10-11-21-19(16)12-14)22-17-7-3-5-13-4-1-2-6-15(13)17/h1-12H,(H,21,22). The molecule has 2 nitrogen and oxygen atoms in total. The van der Waals surface area contributed by atoms with Crippen LogP contribution in [-0.4, -0.2) is 4.98 Å². The number of nitrogens with one attached hydrogen (secondary N) is 1. The summed E-state index contributed by atoms with van der Waals surface area (Å²) in [6.45, 7) is 0. The number of anilines is 2. The Morgan fingerprint density at radius 3 is 2.55 bits per heavy atom. The Labute approximate surface area is 133 Å². The van der Waals surface area contributed by atoms with Gasteiger partial charge in [0.2, 0.25) is 0 Å². The van der Waals surface area contributed by atoms with Gasteiger partial charge in [-0.3, -0.25) is 4.98 Å². The fourth-order valence-electron chi connectivity index (χ4n) is 2.71. The van der Waals surface area contributed by atoms with Crippen molar-refractivity contribution in [2.75, 3.05) is 5.32 Å². The number of hydrogen-bond donors (Lipinski definition) is 1. The molecule has 0 aliphatic carbocycles. The van der Waals surface area contributed by atoms with Gasteiger partial charge >= 0.3 is 0 Å². The van der Waals surface area contributed by atoms with Crippen LogP contribution in [0.5, 0.6) is 0 Å². The molecule has 106 valence electrons. The zero-order chi connectivity index (χ0) is 14.9. The highest BCUT2D eigenvalue weighted by Gasteiger charge is 2.05. The predicted molar refractivity (Wildman–Crippen MR) is 94.0 cm³/mol. The summed E-state index contributed by atoms with van der Waals surface area (Å²) in [6.07, 6.45) is 1.80. The van der Waals surface area contributed by atoms with Gasteiger partial charge in [-0.1, -0.05) is 48.0 Å². The van der Waals surface area contributed by atoms with Crippen LogP contribution in [0.3, 0.4) is 0 Å². The van der Waals surface area contributed by atoms with Gasteiger partial charge in [0.05, 0.1) is 5.52 Å². The van der Waals surface area contributed by atoms with Gasteiger partial charge in [0.1, 0.15) is 0 Å². The third kappa shape index (κ3) is 2.28. The van der Waals surface area contributed by atoms with E-state index in [1.54, 1.807) is 6.20 Å². The van der Waals surface area contributed by atoms with Crippen molar-refractivity contribution in [1.29, 1.82) is 0 Å². The van der Waals surface area contributed by atoms with E-state index >= 15 is 0 Å². The van der Waals surface area contributed by atoms with Crippen molar-refractivity contribution >= 4 is 44.7 Å². The van der Waals surface area contributed by atoms with Gasteiger partial charge in [0, 0.05) is 33.4 Å². The highest BCUT2D eigenvalue weighted by atomic mass is 35.5. The van der Waals surface area contributed by atoms with E-state index < -0.39 is 0 Å². The van der Waals surface area contributed by atoms with Crippen LogP contribution < -0.4 is 5.32 Å². The van der Waals surface area contributed by atoms with Crippen molar-refractivity contribution in [1.82, 2.24) is 4.98 Å². The molecule has 0 atom stereocenters. The van der Waals surface area contributed by atoms with E-state index in [2.05, 4.69) is 52.8 Å². The van der Waals surface area contributed by atoms with Crippen LogP contribution in [0.4, 0.5) is 11.4 Å². The first-order valence-corrected chi connectivity index (χ1v) is 7.48. The van der Waals surface area contributed by atoms with Crippen molar-refractivity contribution in [2.24, 2.45) is 0 Å². The lowest BCUT2D eigenvalue weighted by atomic mass is 10.1. The number of fused-ring (bicyclic) bond motifs is 2.